The van der Waals surface area contributed by atoms with Crippen LogP contribution in [-0.4, -0.2) is 41.7 Å². The molecule has 0 bridgehead atoms. The van der Waals surface area contributed by atoms with E-state index in [1.54, 1.807) is 61.2 Å². The number of aryl methyl sites for hydroxylation is 4. The molecule has 0 radical (unpaired) electrons. The summed E-state index contributed by atoms with van der Waals surface area (Å²) in [6.07, 6.45) is 7.48. The first-order valence-electron chi connectivity index (χ1n) is 27.8. The Kier molecular flexibility index (Phi) is 20.9. The summed E-state index contributed by atoms with van der Waals surface area (Å²) in [5.41, 5.74) is 39.6. The van der Waals surface area contributed by atoms with E-state index in [1.807, 2.05) is 64.1 Å². The number of amides is 2. The van der Waals surface area contributed by atoms with Crippen LogP contribution in [0.4, 0.5) is 11.6 Å². The predicted molar refractivity (Wildman–Crippen MR) is 352 cm³/mol. The number of rotatable bonds is 16. The lowest BCUT2D eigenvalue weighted by atomic mass is 10.0. The number of hydrogen-bond donors (Lipinski definition) is 5. The van der Waals surface area contributed by atoms with Crippen LogP contribution in [-0.2, 0) is 39.0 Å². The third-order valence-electron chi connectivity index (χ3n) is 14.3. The quantitative estimate of drug-likeness (QED) is 0.0263. The molecule has 0 fully saturated rings. The van der Waals surface area contributed by atoms with Gasteiger partial charge in [-0.15, -0.1) is 0 Å². The smallest absolute Gasteiger partial charge is 0.251 e. The van der Waals surface area contributed by atoms with E-state index in [0.29, 0.717) is 65.3 Å². The van der Waals surface area contributed by atoms with Gasteiger partial charge in [0.1, 0.15) is 11.6 Å². The van der Waals surface area contributed by atoms with E-state index in [9.17, 15) is 9.59 Å². The molecule has 2 amide bonds. The van der Waals surface area contributed by atoms with Crippen molar-refractivity contribution in [2.75, 3.05) is 11.5 Å². The number of nitrogen functional groups attached to an aromatic ring is 2. The van der Waals surface area contributed by atoms with Crippen LogP contribution >= 0.6 is 31.1 Å². The van der Waals surface area contributed by atoms with Crippen molar-refractivity contribution in [1.29, 1.82) is 0 Å². The molecule has 0 spiro atoms. The Morgan fingerprint density at radius 3 is 1.37 bits per heavy atom. The number of carbonyl (C=O) groups excluding carboxylic acids is 2. The van der Waals surface area contributed by atoms with E-state index in [1.165, 1.54) is 15.9 Å². The van der Waals surface area contributed by atoms with Crippen LogP contribution in [0.15, 0.2) is 194 Å². The number of nitrogens with one attached hydrogen (secondary N) is 2. The zero-order chi connectivity index (χ0) is 61.4. The highest BCUT2D eigenvalue weighted by molar-refractivity contribution is 7.79. The van der Waals surface area contributed by atoms with Crippen molar-refractivity contribution < 1.29 is 9.59 Å². The van der Waals surface area contributed by atoms with E-state index < -0.39 is 7.92 Å². The van der Waals surface area contributed by atoms with Crippen molar-refractivity contribution in [1.82, 2.24) is 40.5 Å². The molecular weight excluding hydrogens is 1150 g/mol. The van der Waals surface area contributed by atoms with Gasteiger partial charge in [-0.05, 0) is 162 Å². The monoisotopic (exact) mass is 1210 g/mol. The first-order valence-corrected chi connectivity index (χ1v) is 29.9. The van der Waals surface area contributed by atoms with Crippen molar-refractivity contribution >= 4 is 92.3 Å². The van der Waals surface area contributed by atoms with E-state index in [-0.39, 0.29) is 18.4 Å². The number of hydrogen-bond acceptors (Lipinski definition) is 12. The van der Waals surface area contributed by atoms with Gasteiger partial charge < -0.3 is 27.8 Å². The topological polar surface area (TPSA) is 262 Å². The fourth-order valence-electron chi connectivity index (χ4n) is 10.2. The standard InChI is InChI=1S/C25H23ClN8O.C25H25ClN6O.C18H15P/c1-14-5-23(27)33-15(2)22(14)13-31-25(35)17-3-4-29-21(10-17)8-16-6-18-9-20(26)12-30-24(18)19(7-16)11-32-34-28;1-14-5-23(28)32-15(2)22(14)13-31-25(33)17-3-4-29-21(10-17)8-16-6-18-9-20(26)12-30-24(18)19(7-16)11-27;1-4-10-16(11-5-1)19(17-12-6-2-7-13-17)18-14-8-3-9-15-18/h3-7,9-10,12H,8,11,13H2,1-2H3,(H2,27,33)(H,31,35);3-7,9-10,12H,8,11,13,27H2,1-2H3,(H2,28,32)(H,31,33);1-15H. The number of nitrogens with two attached hydrogens (primary N) is 3. The van der Waals surface area contributed by atoms with Crippen LogP contribution in [0.3, 0.4) is 0 Å². The molecular formula is C68H63Cl2N14O2P. The molecule has 0 unspecified atom stereocenters. The second kappa shape index (κ2) is 29.4. The van der Waals surface area contributed by atoms with Gasteiger partial charge in [-0.25, -0.2) is 9.97 Å². The average molecular weight is 1210 g/mol. The fourth-order valence-corrected chi connectivity index (χ4v) is 12.8. The zero-order valence-corrected chi connectivity index (χ0v) is 50.8. The Balaban J connectivity index is 0.000000162. The zero-order valence-electron chi connectivity index (χ0n) is 48.4. The Hall–Kier alpha value is -9.66. The van der Waals surface area contributed by atoms with Gasteiger partial charge in [0.15, 0.2) is 0 Å². The van der Waals surface area contributed by atoms with Gasteiger partial charge in [0.2, 0.25) is 0 Å². The minimum Gasteiger partial charge on any atom is -0.384 e. The number of fused-ring (bicyclic) bond motifs is 2. The number of aromatic nitrogens is 6. The molecule has 0 aliphatic carbocycles. The highest BCUT2D eigenvalue weighted by Gasteiger charge is 2.17. The van der Waals surface area contributed by atoms with Crippen molar-refractivity contribution in [3.05, 3.63) is 287 Å². The number of halogens is 2. The SMILES string of the molecule is Cc1cc(N)nc(C)c1CNC(=O)c1ccnc(Cc2cc(CN)c3ncc(Cl)cc3c2)c1.Cc1cc(N)nc(C)c1CNC(=O)c1ccnc(Cc2cc(CN=[N+]=[N-])c3ncc(Cl)cc3c2)c1.c1ccc(P(c2ccccc2)c2ccccc2)cc1. The highest BCUT2D eigenvalue weighted by atomic mass is 35.5. The molecule has 8 N–H and O–H groups in total. The molecule has 16 nitrogen and oxygen atoms in total. The Morgan fingerprint density at radius 2 is 0.966 bits per heavy atom. The summed E-state index contributed by atoms with van der Waals surface area (Å²) in [7, 11) is -0.446. The van der Waals surface area contributed by atoms with Crippen LogP contribution in [0.1, 0.15) is 88.0 Å². The maximum atomic E-state index is 12.8. The largest absolute Gasteiger partial charge is 0.384 e. The third kappa shape index (κ3) is 16.4. The summed E-state index contributed by atoms with van der Waals surface area (Å²) in [6, 6.07) is 54.5. The Morgan fingerprint density at radius 1 is 0.552 bits per heavy atom. The third-order valence-corrected chi connectivity index (χ3v) is 17.1. The second-order valence-corrected chi connectivity index (χ2v) is 23.6. The summed E-state index contributed by atoms with van der Waals surface area (Å²) < 4.78 is 0. The normalized spacial score (nSPS) is 10.8. The predicted octanol–water partition coefficient (Wildman–Crippen LogP) is 12.5. The van der Waals surface area contributed by atoms with Gasteiger partial charge in [0.25, 0.3) is 11.8 Å². The minimum absolute atomic E-state index is 0.171. The molecule has 5 aromatic carbocycles. The van der Waals surface area contributed by atoms with Crippen LogP contribution in [0.25, 0.3) is 32.2 Å². The maximum Gasteiger partial charge on any atom is 0.251 e. The van der Waals surface area contributed by atoms with Gasteiger partial charge in [0.05, 0.1) is 27.6 Å². The summed E-state index contributed by atoms with van der Waals surface area (Å²) in [4.78, 5) is 54.7. The molecule has 6 aromatic heterocycles. The van der Waals surface area contributed by atoms with Crippen LogP contribution < -0.4 is 43.7 Å². The number of benzene rings is 5. The van der Waals surface area contributed by atoms with Gasteiger partial charge in [0, 0.05) is 107 Å². The number of nitrogens with zero attached hydrogens (tertiary/aromatic N) is 9. The van der Waals surface area contributed by atoms with Crippen LogP contribution in [0.2, 0.25) is 10.0 Å². The van der Waals surface area contributed by atoms with Crippen LogP contribution in [0.5, 0.6) is 0 Å². The molecule has 11 aromatic rings. The molecule has 6 heterocycles. The number of carbonyl (C=O) groups is 2. The summed E-state index contributed by atoms with van der Waals surface area (Å²) in [5, 5.41) is 16.7. The lowest BCUT2D eigenvalue weighted by molar-refractivity contribution is 0.0942. The fraction of sp³-hybridized carbons (Fsp3) is 0.147. The van der Waals surface area contributed by atoms with Gasteiger partial charge in [-0.2, -0.15) is 0 Å². The molecule has 436 valence electrons. The second-order valence-electron chi connectivity index (χ2n) is 20.5. The van der Waals surface area contributed by atoms with Crippen molar-refractivity contribution in [3.8, 4) is 0 Å². The lowest BCUT2D eigenvalue weighted by Gasteiger charge is -2.18. The van der Waals surface area contributed by atoms with Gasteiger partial charge >= 0.3 is 0 Å². The number of anilines is 2. The van der Waals surface area contributed by atoms with E-state index in [4.69, 9.17) is 45.9 Å². The maximum absolute atomic E-state index is 12.8. The Bertz CT molecular complexity index is 4170. The molecule has 0 saturated carbocycles. The number of pyridine rings is 6. The van der Waals surface area contributed by atoms with Gasteiger partial charge in [-0.3, -0.25) is 29.5 Å². The van der Waals surface area contributed by atoms with E-state index in [2.05, 4.69) is 142 Å². The van der Waals surface area contributed by atoms with Gasteiger partial charge in [-0.1, -0.05) is 131 Å². The minimum atomic E-state index is -0.446. The van der Waals surface area contributed by atoms with Crippen LogP contribution in [0, 0.1) is 27.7 Å². The molecule has 0 atom stereocenters. The molecule has 11 rings (SSSR count). The molecule has 0 aliphatic heterocycles. The van der Waals surface area contributed by atoms with Crippen molar-refractivity contribution in [2.24, 2.45) is 10.8 Å². The summed E-state index contributed by atoms with van der Waals surface area (Å²) >= 11 is 12.3. The number of azide groups is 1. The lowest BCUT2D eigenvalue weighted by Crippen LogP contribution is -2.24. The van der Waals surface area contributed by atoms with E-state index >= 15 is 0 Å². The first kappa shape index (κ1) is 61.9. The Labute approximate surface area is 516 Å². The van der Waals surface area contributed by atoms with E-state index in [0.717, 1.165) is 89.1 Å². The summed E-state index contributed by atoms with van der Waals surface area (Å²) in [6.45, 7) is 8.92. The molecule has 87 heavy (non-hydrogen) atoms. The average Bonchev–Trinajstić information content (AvgIpc) is 2.55. The molecule has 0 aliphatic rings. The van der Waals surface area contributed by atoms with Crippen molar-refractivity contribution in [3.63, 3.8) is 0 Å². The summed E-state index contributed by atoms with van der Waals surface area (Å²) in [5.74, 6) is 0.556. The van der Waals surface area contributed by atoms with Crippen molar-refractivity contribution in [2.45, 2.75) is 66.7 Å². The molecule has 0 saturated heterocycles. The molecule has 19 heteroatoms. The first-order chi connectivity index (χ1) is 42.1. The highest BCUT2D eigenvalue weighted by Crippen LogP contribution is 2.32.